The van der Waals surface area contributed by atoms with Crippen molar-refractivity contribution in [3.05, 3.63) is 198 Å². The molecule has 0 unspecified atom stereocenters. The van der Waals surface area contributed by atoms with Gasteiger partial charge in [0.15, 0.2) is 17.5 Å². The van der Waals surface area contributed by atoms with E-state index in [0.717, 1.165) is 61.6 Å². The molecule has 0 atom stereocenters. The lowest BCUT2D eigenvalue weighted by Gasteiger charge is -2.39. The zero-order valence-electron chi connectivity index (χ0n) is 27.9. The molecule has 1 aromatic heterocycles. The van der Waals surface area contributed by atoms with Crippen LogP contribution >= 0.6 is 0 Å². The highest BCUT2D eigenvalue weighted by molar-refractivity contribution is 5.95. The van der Waals surface area contributed by atoms with Gasteiger partial charge in [-0.3, -0.25) is 0 Å². The van der Waals surface area contributed by atoms with Crippen LogP contribution in [0, 0.1) is 11.3 Å². The topological polar surface area (TPSA) is 71.7 Å². The molecule has 2 aliphatic rings. The van der Waals surface area contributed by atoms with Gasteiger partial charge in [-0.25, -0.2) is 15.0 Å². The number of ether oxygens (including phenoxy) is 1. The van der Waals surface area contributed by atoms with Crippen LogP contribution < -0.4 is 4.74 Å². The van der Waals surface area contributed by atoms with Gasteiger partial charge in [0.05, 0.1) is 17.0 Å². The largest absolute Gasteiger partial charge is 0.457 e. The van der Waals surface area contributed by atoms with Crippen molar-refractivity contribution in [2.24, 2.45) is 0 Å². The number of aromatic nitrogens is 3. The third-order valence-corrected chi connectivity index (χ3v) is 10.2. The predicted molar refractivity (Wildman–Crippen MR) is 204 cm³/mol. The number of nitrogens with zero attached hydrogens (tertiary/aromatic N) is 4. The minimum absolute atomic E-state index is 0.585. The Kier molecular flexibility index (Phi) is 6.70. The van der Waals surface area contributed by atoms with E-state index in [1.54, 1.807) is 0 Å². The van der Waals surface area contributed by atoms with Crippen LogP contribution in [-0.4, -0.2) is 15.0 Å². The van der Waals surface area contributed by atoms with Gasteiger partial charge >= 0.3 is 0 Å². The second-order valence-electron chi connectivity index (χ2n) is 13.1. The van der Waals surface area contributed by atoms with Gasteiger partial charge in [-0.15, -0.1) is 0 Å². The van der Waals surface area contributed by atoms with E-state index in [0.29, 0.717) is 23.0 Å². The maximum Gasteiger partial charge on any atom is 0.164 e. The minimum Gasteiger partial charge on any atom is -0.457 e. The second-order valence-corrected chi connectivity index (χ2v) is 13.1. The van der Waals surface area contributed by atoms with Crippen molar-refractivity contribution >= 4 is 0 Å². The summed E-state index contributed by atoms with van der Waals surface area (Å²) < 4.78 is 6.54. The molecule has 0 fully saturated rings. The molecule has 2 heterocycles. The van der Waals surface area contributed by atoms with E-state index in [9.17, 15) is 5.26 Å². The van der Waals surface area contributed by atoms with Crippen LogP contribution in [0.15, 0.2) is 170 Å². The number of rotatable bonds is 4. The smallest absolute Gasteiger partial charge is 0.164 e. The Morgan fingerprint density at radius 2 is 0.942 bits per heavy atom. The molecule has 0 saturated carbocycles. The maximum absolute atomic E-state index is 9.44. The Morgan fingerprint density at radius 1 is 0.423 bits per heavy atom. The van der Waals surface area contributed by atoms with Gasteiger partial charge in [0.2, 0.25) is 0 Å². The quantitative estimate of drug-likeness (QED) is 0.187. The van der Waals surface area contributed by atoms with Gasteiger partial charge in [-0.05, 0) is 57.6 Å². The van der Waals surface area contributed by atoms with Gasteiger partial charge in [-0.1, -0.05) is 146 Å². The van der Waals surface area contributed by atoms with Crippen molar-refractivity contribution in [1.82, 2.24) is 15.0 Å². The highest BCUT2D eigenvalue weighted by Crippen LogP contribution is 2.63. The lowest BCUT2D eigenvalue weighted by atomic mass is 9.66. The zero-order valence-corrected chi connectivity index (χ0v) is 27.9. The Morgan fingerprint density at radius 3 is 1.65 bits per heavy atom. The molecule has 5 nitrogen and oxygen atoms in total. The summed E-state index contributed by atoms with van der Waals surface area (Å²) in [7, 11) is 0. The van der Waals surface area contributed by atoms with Crippen LogP contribution in [0.5, 0.6) is 11.5 Å². The molecule has 0 N–H and O–H groups in total. The van der Waals surface area contributed by atoms with E-state index in [1.165, 1.54) is 11.1 Å². The number of fused-ring (bicyclic) bond motifs is 9. The molecule has 7 aromatic carbocycles. The van der Waals surface area contributed by atoms with E-state index in [2.05, 4.69) is 97.1 Å². The van der Waals surface area contributed by atoms with Crippen LogP contribution in [0.25, 0.3) is 56.4 Å². The van der Waals surface area contributed by atoms with Crippen molar-refractivity contribution in [1.29, 1.82) is 5.26 Å². The van der Waals surface area contributed by atoms with Crippen molar-refractivity contribution in [3.63, 3.8) is 0 Å². The maximum atomic E-state index is 9.44. The summed E-state index contributed by atoms with van der Waals surface area (Å²) in [6.07, 6.45) is 0. The monoisotopic (exact) mass is 664 g/mol. The van der Waals surface area contributed by atoms with E-state index >= 15 is 0 Å². The zero-order chi connectivity index (χ0) is 34.6. The van der Waals surface area contributed by atoms with E-state index in [-0.39, 0.29) is 0 Å². The third-order valence-electron chi connectivity index (χ3n) is 10.2. The molecular weight excluding hydrogens is 637 g/mol. The molecule has 5 heteroatoms. The van der Waals surface area contributed by atoms with Crippen molar-refractivity contribution in [2.75, 3.05) is 0 Å². The Balaban J connectivity index is 1.20. The molecule has 52 heavy (non-hydrogen) atoms. The van der Waals surface area contributed by atoms with Crippen LogP contribution in [0.2, 0.25) is 0 Å². The summed E-state index contributed by atoms with van der Waals surface area (Å²) in [4.78, 5) is 15.4. The number of hydrogen-bond donors (Lipinski definition) is 0. The molecule has 0 radical (unpaired) electrons. The molecule has 1 aliphatic carbocycles. The number of nitriles is 1. The number of benzene rings is 7. The summed E-state index contributed by atoms with van der Waals surface area (Å²) in [5.74, 6) is 3.50. The highest BCUT2D eigenvalue weighted by atomic mass is 16.5. The summed E-state index contributed by atoms with van der Waals surface area (Å²) in [6.45, 7) is 0. The summed E-state index contributed by atoms with van der Waals surface area (Å²) in [6, 6.07) is 60.1. The fourth-order valence-corrected chi connectivity index (χ4v) is 8.01. The fourth-order valence-electron chi connectivity index (χ4n) is 8.01. The van der Waals surface area contributed by atoms with Crippen molar-refractivity contribution in [3.8, 4) is 74.0 Å². The molecule has 10 rings (SSSR count). The first-order valence-corrected chi connectivity index (χ1v) is 17.3. The third kappa shape index (κ3) is 4.45. The van der Waals surface area contributed by atoms with Gasteiger partial charge in [0.1, 0.15) is 11.5 Å². The SMILES string of the molecule is N#Cc1cccc(-c2ccc(-c3nc(-c4ccccc4)nc(-c4cccc5c4-c4ccccc4C54c5ccccc5Oc5ccccc54)n3)cc2)c1. The van der Waals surface area contributed by atoms with Crippen LogP contribution in [0.4, 0.5) is 0 Å². The molecule has 0 bridgehead atoms. The van der Waals surface area contributed by atoms with Crippen LogP contribution in [0.3, 0.4) is 0 Å². The predicted octanol–water partition coefficient (Wildman–Crippen LogP) is 10.9. The molecule has 0 amide bonds. The lowest BCUT2D eigenvalue weighted by molar-refractivity contribution is 0.436. The Hall–Kier alpha value is -7.16. The van der Waals surface area contributed by atoms with Crippen LogP contribution in [-0.2, 0) is 5.41 Å². The van der Waals surface area contributed by atoms with Crippen molar-refractivity contribution in [2.45, 2.75) is 5.41 Å². The molecule has 0 saturated heterocycles. The normalized spacial score (nSPS) is 12.9. The first-order valence-electron chi connectivity index (χ1n) is 17.3. The van der Waals surface area contributed by atoms with Gasteiger partial charge < -0.3 is 4.74 Å². The van der Waals surface area contributed by atoms with Gasteiger partial charge in [0.25, 0.3) is 0 Å². The number of para-hydroxylation sites is 2. The van der Waals surface area contributed by atoms with E-state index < -0.39 is 5.41 Å². The van der Waals surface area contributed by atoms with Gasteiger partial charge in [0, 0.05) is 27.8 Å². The second kappa shape index (κ2) is 11.7. The number of hydrogen-bond acceptors (Lipinski definition) is 5. The molecule has 1 aliphatic heterocycles. The summed E-state index contributed by atoms with van der Waals surface area (Å²) >= 11 is 0. The van der Waals surface area contributed by atoms with E-state index in [1.807, 2.05) is 78.9 Å². The Bertz CT molecular complexity index is 2680. The van der Waals surface area contributed by atoms with Crippen LogP contribution in [0.1, 0.15) is 27.8 Å². The minimum atomic E-state index is -0.593. The molecular formula is C47H28N4O. The molecule has 1 spiro atoms. The molecule has 8 aromatic rings. The first-order chi connectivity index (χ1) is 25.7. The molecule has 242 valence electrons. The average Bonchev–Trinajstić information content (AvgIpc) is 3.52. The van der Waals surface area contributed by atoms with Gasteiger partial charge in [-0.2, -0.15) is 5.26 Å². The van der Waals surface area contributed by atoms with E-state index in [4.69, 9.17) is 19.7 Å². The summed E-state index contributed by atoms with van der Waals surface area (Å²) in [5.41, 5.74) is 11.6. The first kappa shape index (κ1) is 29.7. The highest BCUT2D eigenvalue weighted by Gasteiger charge is 2.51. The average molecular weight is 665 g/mol. The summed E-state index contributed by atoms with van der Waals surface area (Å²) in [5, 5.41) is 9.44. The fraction of sp³-hybridized carbons (Fsp3) is 0.0213. The van der Waals surface area contributed by atoms with Crippen molar-refractivity contribution < 1.29 is 4.74 Å². The lowest BCUT2D eigenvalue weighted by Crippen LogP contribution is -2.32. The standard InChI is InChI=1S/C47H28N4O/c48-29-30-12-10-15-34(28-30)31-24-26-33(27-25-31)45-49-44(32-13-2-1-3-14-32)50-46(51-45)36-17-11-21-40-43(36)35-16-4-5-18-37(35)47(40)38-19-6-8-22-41(38)52-42-23-9-7-20-39(42)47/h1-28H. The Labute approximate surface area is 301 Å².